The average Bonchev–Trinajstić information content (AvgIpc) is 2.31. The van der Waals surface area contributed by atoms with E-state index in [1.165, 1.54) is 0 Å². The van der Waals surface area contributed by atoms with Crippen LogP contribution in [0.4, 0.5) is 0 Å². The molecule has 1 saturated carbocycles. The Morgan fingerprint density at radius 3 is 2.31 bits per heavy atom. The molecule has 2 atom stereocenters. The van der Waals surface area contributed by atoms with Crippen LogP contribution in [0.1, 0.15) is 33.6 Å². The zero-order valence-corrected chi connectivity index (χ0v) is 10.4. The van der Waals surface area contributed by atoms with Crippen molar-refractivity contribution in [3.8, 4) is 0 Å². The van der Waals surface area contributed by atoms with Crippen LogP contribution in [0.25, 0.3) is 0 Å². The van der Waals surface area contributed by atoms with Crippen LogP contribution in [0, 0.1) is 16.7 Å². The van der Waals surface area contributed by atoms with Gasteiger partial charge in [0.15, 0.2) is 0 Å². The molecule has 1 heterocycles. The zero-order chi connectivity index (χ0) is 12.3. The van der Waals surface area contributed by atoms with Crippen LogP contribution >= 0.6 is 0 Å². The summed E-state index contributed by atoms with van der Waals surface area (Å²) in [5.41, 5.74) is -1.19. The van der Waals surface area contributed by atoms with Crippen LogP contribution < -0.4 is 0 Å². The van der Waals surface area contributed by atoms with Crippen molar-refractivity contribution in [1.29, 1.82) is 0 Å². The van der Waals surface area contributed by atoms with Gasteiger partial charge in [0.1, 0.15) is 0 Å². The van der Waals surface area contributed by atoms with E-state index in [2.05, 4.69) is 0 Å². The van der Waals surface area contributed by atoms with E-state index in [-0.39, 0.29) is 5.92 Å². The summed E-state index contributed by atoms with van der Waals surface area (Å²) in [7, 11) is -3.15. The summed E-state index contributed by atoms with van der Waals surface area (Å²) in [5, 5.41) is 0. The second-order valence-electron chi connectivity index (χ2n) is 5.34. The van der Waals surface area contributed by atoms with Gasteiger partial charge in [0.2, 0.25) is 22.7 Å². The van der Waals surface area contributed by atoms with E-state index < -0.39 is 33.5 Å². The summed E-state index contributed by atoms with van der Waals surface area (Å²) >= 11 is 0. The Morgan fingerprint density at radius 2 is 1.81 bits per heavy atom. The Kier molecular flexibility index (Phi) is 2.21. The van der Waals surface area contributed by atoms with Crippen molar-refractivity contribution in [3.05, 3.63) is 0 Å². The van der Waals surface area contributed by atoms with Gasteiger partial charge < -0.3 is 0 Å². The highest BCUT2D eigenvalue weighted by Crippen LogP contribution is 2.59. The Labute approximate surface area is 95.9 Å². The molecule has 0 aromatic carbocycles. The monoisotopic (exact) mass is 245 g/mol. The minimum atomic E-state index is -3.15. The van der Waals surface area contributed by atoms with Crippen LogP contribution in [-0.4, -0.2) is 24.5 Å². The molecule has 1 aliphatic carbocycles. The van der Waals surface area contributed by atoms with E-state index >= 15 is 0 Å². The molecule has 2 bridgehead atoms. The Balaban J connectivity index is 2.59. The molecule has 1 aliphatic heterocycles. The number of fused-ring (bicyclic) bond motifs is 2. The normalized spacial score (nSPS) is 37.2. The molecule has 2 rings (SSSR count). The molecule has 2 amide bonds. The summed E-state index contributed by atoms with van der Waals surface area (Å²) in [4.78, 5) is 24.0. The van der Waals surface area contributed by atoms with Crippen LogP contribution in [0.3, 0.4) is 0 Å². The average molecular weight is 245 g/mol. The van der Waals surface area contributed by atoms with Gasteiger partial charge in [-0.1, -0.05) is 20.8 Å². The molecule has 0 radical (unpaired) electrons. The standard InChI is InChI=1S/C10H15NO4S/c1-9(2)6-4-5-10(9,3)8(13)11(7(6)12)16(14)15/h6,16H,4-5H2,1-3H3. The number of imide groups is 1. The third-order valence-corrected chi connectivity index (χ3v) is 5.27. The predicted octanol–water partition coefficient (Wildman–Crippen LogP) is 0.324. The van der Waals surface area contributed by atoms with Crippen molar-refractivity contribution in [2.45, 2.75) is 33.6 Å². The number of rotatable bonds is 1. The smallest absolute Gasteiger partial charge is 0.249 e. The lowest BCUT2D eigenvalue weighted by Gasteiger charge is -2.45. The van der Waals surface area contributed by atoms with Gasteiger partial charge in [-0.25, -0.2) is 8.42 Å². The first-order valence-electron chi connectivity index (χ1n) is 5.26. The van der Waals surface area contributed by atoms with Gasteiger partial charge in [0, 0.05) is 5.92 Å². The van der Waals surface area contributed by atoms with Crippen molar-refractivity contribution in [2.75, 3.05) is 0 Å². The molecule has 2 aliphatic rings. The molecule has 6 heteroatoms. The molecular weight excluding hydrogens is 230 g/mol. The van der Waals surface area contributed by atoms with E-state index in [0.29, 0.717) is 17.1 Å². The number of nitrogens with zero attached hydrogens (tertiary/aromatic N) is 1. The Morgan fingerprint density at radius 1 is 1.25 bits per heavy atom. The minimum absolute atomic E-state index is 0.358. The van der Waals surface area contributed by atoms with Crippen LogP contribution in [0.15, 0.2) is 0 Å². The highest BCUT2D eigenvalue weighted by atomic mass is 32.2. The number of piperidine rings is 1. The summed E-state index contributed by atoms with van der Waals surface area (Å²) < 4.78 is 22.4. The molecule has 5 nitrogen and oxygen atoms in total. The molecular formula is C10H15NO4S. The van der Waals surface area contributed by atoms with Crippen molar-refractivity contribution >= 4 is 22.7 Å². The fraction of sp³-hybridized carbons (Fsp3) is 0.800. The lowest BCUT2D eigenvalue weighted by Crippen LogP contribution is -2.58. The van der Waals surface area contributed by atoms with Gasteiger partial charge in [-0.05, 0) is 18.3 Å². The summed E-state index contributed by atoms with van der Waals surface area (Å²) in [6.45, 7) is 5.50. The van der Waals surface area contributed by atoms with E-state index in [4.69, 9.17) is 0 Å². The molecule has 90 valence electrons. The van der Waals surface area contributed by atoms with Crippen LogP contribution in [-0.2, 0) is 20.5 Å². The van der Waals surface area contributed by atoms with Gasteiger partial charge >= 0.3 is 0 Å². The summed E-state index contributed by atoms with van der Waals surface area (Å²) in [6.07, 6.45) is 1.17. The van der Waals surface area contributed by atoms with E-state index in [1.807, 2.05) is 13.8 Å². The Bertz CT molecular complexity index is 446. The van der Waals surface area contributed by atoms with Gasteiger partial charge in [-0.2, -0.15) is 4.31 Å². The molecule has 0 N–H and O–H groups in total. The first-order chi connectivity index (χ1) is 7.23. The molecule has 16 heavy (non-hydrogen) atoms. The first-order valence-corrected chi connectivity index (χ1v) is 6.39. The number of carbonyl (C=O) groups is 2. The molecule has 0 spiro atoms. The number of amides is 2. The highest BCUT2D eigenvalue weighted by Gasteiger charge is 2.65. The van der Waals surface area contributed by atoms with Crippen LogP contribution in [0.5, 0.6) is 0 Å². The van der Waals surface area contributed by atoms with Crippen molar-refractivity contribution in [1.82, 2.24) is 4.31 Å². The Hall–Kier alpha value is -0.910. The maximum absolute atomic E-state index is 12.1. The number of thiol groups is 1. The molecule has 2 fully saturated rings. The lowest BCUT2D eigenvalue weighted by atomic mass is 9.63. The zero-order valence-electron chi connectivity index (χ0n) is 9.52. The van der Waals surface area contributed by atoms with Crippen molar-refractivity contribution in [3.63, 3.8) is 0 Å². The second-order valence-corrected chi connectivity index (χ2v) is 6.21. The number of hydrogen-bond donors (Lipinski definition) is 1. The van der Waals surface area contributed by atoms with Crippen molar-refractivity contribution < 1.29 is 18.0 Å². The maximum atomic E-state index is 12.1. The molecule has 0 aromatic rings. The second kappa shape index (κ2) is 3.06. The summed E-state index contributed by atoms with van der Waals surface area (Å²) in [6, 6.07) is 0. The maximum Gasteiger partial charge on any atom is 0.249 e. The van der Waals surface area contributed by atoms with Gasteiger partial charge in [0.05, 0.1) is 5.41 Å². The lowest BCUT2D eigenvalue weighted by molar-refractivity contribution is -0.160. The fourth-order valence-electron chi connectivity index (χ4n) is 2.95. The fourth-order valence-corrected chi connectivity index (χ4v) is 3.62. The molecule has 0 aromatic heterocycles. The van der Waals surface area contributed by atoms with E-state index in [1.54, 1.807) is 6.92 Å². The predicted molar refractivity (Wildman–Crippen MR) is 56.8 cm³/mol. The highest BCUT2D eigenvalue weighted by molar-refractivity contribution is 7.71. The SMILES string of the molecule is CC12CCC(C(=O)N([SH](=O)=O)C1=O)C2(C)C. The largest absolute Gasteiger partial charge is 0.273 e. The van der Waals surface area contributed by atoms with E-state index in [9.17, 15) is 18.0 Å². The van der Waals surface area contributed by atoms with Gasteiger partial charge in [-0.15, -0.1) is 0 Å². The molecule has 1 saturated heterocycles. The first kappa shape index (κ1) is 11.6. The third-order valence-electron chi connectivity index (χ3n) is 4.56. The van der Waals surface area contributed by atoms with Crippen LogP contribution in [0.2, 0.25) is 0 Å². The number of hydrogen-bond acceptors (Lipinski definition) is 4. The quantitative estimate of drug-likeness (QED) is 0.533. The third kappa shape index (κ3) is 1.08. The minimum Gasteiger partial charge on any atom is -0.273 e. The topological polar surface area (TPSA) is 71.5 Å². The summed E-state index contributed by atoms with van der Waals surface area (Å²) in [5.74, 6) is -1.48. The van der Waals surface area contributed by atoms with Gasteiger partial charge in [-0.3, -0.25) is 9.59 Å². The van der Waals surface area contributed by atoms with Crippen molar-refractivity contribution in [2.24, 2.45) is 16.7 Å². The molecule has 2 unspecified atom stereocenters. The van der Waals surface area contributed by atoms with Gasteiger partial charge in [0.25, 0.3) is 0 Å². The number of carbonyl (C=O) groups excluding carboxylic acids is 2. The van der Waals surface area contributed by atoms with E-state index in [0.717, 1.165) is 0 Å².